The Kier molecular flexibility index (Phi) is 11.4. The number of ether oxygens (including phenoxy) is 3. The minimum Gasteiger partial charge on any atom is -0.497 e. The van der Waals surface area contributed by atoms with Crippen molar-refractivity contribution in [3.05, 3.63) is 59.7 Å². The standard InChI is InChI=1S/C25H36N2O4S/c1-27(2)17-22(31-25(28)15-14-24(26)32-4)18-30-23-11-6-5-9-20(23)13-12-19-8-7-10-21(16-19)29-3/h5-11,16,22,24H,12-15,17-18,26H2,1-4H3/t22-,24-/m0/s1. The Bertz CT molecular complexity index is 831. The van der Waals surface area contributed by atoms with E-state index in [2.05, 4.69) is 18.2 Å². The zero-order chi connectivity index (χ0) is 23.3. The highest BCUT2D eigenvalue weighted by molar-refractivity contribution is 7.99. The lowest BCUT2D eigenvalue weighted by Gasteiger charge is -2.23. The van der Waals surface area contributed by atoms with Gasteiger partial charge in [-0.2, -0.15) is 0 Å². The number of likely N-dealkylation sites (N-methyl/N-ethyl adjacent to an activating group) is 1. The summed E-state index contributed by atoms with van der Waals surface area (Å²) in [6.07, 6.45) is 4.21. The Balaban J connectivity index is 1.96. The third-order valence-electron chi connectivity index (χ3n) is 5.02. The molecule has 0 saturated carbocycles. The average molecular weight is 461 g/mol. The van der Waals surface area contributed by atoms with Gasteiger partial charge in [-0.15, -0.1) is 11.8 Å². The first-order valence-corrected chi connectivity index (χ1v) is 12.2. The Morgan fingerprint density at radius 3 is 2.62 bits per heavy atom. The number of benzene rings is 2. The molecule has 0 aromatic heterocycles. The molecule has 0 bridgehead atoms. The third kappa shape index (κ3) is 9.51. The number of hydrogen-bond donors (Lipinski definition) is 1. The van der Waals surface area contributed by atoms with E-state index >= 15 is 0 Å². The number of thioether (sulfide) groups is 1. The largest absolute Gasteiger partial charge is 0.497 e. The van der Waals surface area contributed by atoms with Crippen LogP contribution in [0.4, 0.5) is 0 Å². The number of hydrogen-bond acceptors (Lipinski definition) is 7. The maximum Gasteiger partial charge on any atom is 0.306 e. The van der Waals surface area contributed by atoms with E-state index in [-0.39, 0.29) is 17.4 Å². The topological polar surface area (TPSA) is 74.0 Å². The number of aryl methyl sites for hydroxylation is 2. The molecule has 0 unspecified atom stereocenters. The molecule has 0 aliphatic rings. The van der Waals surface area contributed by atoms with Crippen LogP contribution in [0.2, 0.25) is 0 Å². The Morgan fingerprint density at radius 1 is 1.12 bits per heavy atom. The lowest BCUT2D eigenvalue weighted by Crippen LogP contribution is -2.35. The van der Waals surface area contributed by atoms with Crippen molar-refractivity contribution in [3.63, 3.8) is 0 Å². The number of carbonyl (C=O) groups is 1. The van der Waals surface area contributed by atoms with Gasteiger partial charge in [-0.05, 0) is 68.9 Å². The normalized spacial score (nSPS) is 12.9. The summed E-state index contributed by atoms with van der Waals surface area (Å²) in [5.74, 6) is 1.44. The monoisotopic (exact) mass is 460 g/mol. The van der Waals surface area contributed by atoms with E-state index in [9.17, 15) is 4.79 Å². The fourth-order valence-electron chi connectivity index (χ4n) is 3.29. The highest BCUT2D eigenvalue weighted by atomic mass is 32.2. The molecule has 0 amide bonds. The van der Waals surface area contributed by atoms with Gasteiger partial charge in [-0.3, -0.25) is 4.79 Å². The minimum absolute atomic E-state index is 0.0532. The van der Waals surface area contributed by atoms with Crippen LogP contribution in [0.1, 0.15) is 24.0 Å². The molecule has 0 radical (unpaired) electrons. The predicted molar refractivity (Wildman–Crippen MR) is 131 cm³/mol. The fourth-order valence-corrected chi connectivity index (χ4v) is 3.65. The van der Waals surface area contributed by atoms with Crippen molar-refractivity contribution in [2.75, 3.05) is 40.6 Å². The van der Waals surface area contributed by atoms with Crippen molar-refractivity contribution in [1.29, 1.82) is 0 Å². The maximum absolute atomic E-state index is 12.3. The van der Waals surface area contributed by atoms with Gasteiger partial charge < -0.3 is 24.8 Å². The number of esters is 1. The van der Waals surface area contributed by atoms with Crippen LogP contribution in [0, 0.1) is 0 Å². The Labute approximate surface area is 196 Å². The molecule has 0 aliphatic heterocycles. The summed E-state index contributed by atoms with van der Waals surface area (Å²) in [5, 5.41) is -0.0532. The summed E-state index contributed by atoms with van der Waals surface area (Å²) < 4.78 is 17.1. The number of methoxy groups -OCH3 is 1. The number of rotatable bonds is 14. The number of nitrogens with two attached hydrogens (primary N) is 1. The number of carbonyl (C=O) groups excluding carboxylic acids is 1. The molecule has 0 spiro atoms. The molecule has 7 heteroatoms. The van der Waals surface area contributed by atoms with Crippen LogP contribution in [-0.4, -0.2) is 63.0 Å². The first-order chi connectivity index (χ1) is 15.4. The first-order valence-electron chi connectivity index (χ1n) is 10.9. The number of para-hydroxylation sites is 1. The molecule has 2 aromatic carbocycles. The van der Waals surface area contributed by atoms with Crippen molar-refractivity contribution in [2.24, 2.45) is 5.73 Å². The van der Waals surface area contributed by atoms with E-state index in [1.807, 2.05) is 55.6 Å². The summed E-state index contributed by atoms with van der Waals surface area (Å²) in [6.45, 7) is 0.890. The molecule has 2 rings (SSSR count). The van der Waals surface area contributed by atoms with Crippen molar-refractivity contribution >= 4 is 17.7 Å². The highest BCUT2D eigenvalue weighted by Crippen LogP contribution is 2.22. The minimum atomic E-state index is -0.352. The summed E-state index contributed by atoms with van der Waals surface area (Å²) in [7, 11) is 5.58. The lowest BCUT2D eigenvalue weighted by atomic mass is 10.0. The number of nitrogens with zero attached hydrogens (tertiary/aromatic N) is 1. The Morgan fingerprint density at radius 2 is 1.91 bits per heavy atom. The SMILES string of the molecule is COc1cccc(CCc2ccccc2OC[C@H](CN(C)C)OC(=O)CC[C@@H](N)SC)c1. The quantitative estimate of drug-likeness (QED) is 0.340. The van der Waals surface area contributed by atoms with Gasteiger partial charge in [0.15, 0.2) is 0 Å². The van der Waals surface area contributed by atoms with Crippen molar-refractivity contribution in [1.82, 2.24) is 4.90 Å². The second-order valence-electron chi connectivity index (χ2n) is 7.96. The van der Waals surface area contributed by atoms with E-state index in [1.165, 1.54) is 5.56 Å². The molecular formula is C25H36N2O4S. The van der Waals surface area contributed by atoms with Gasteiger partial charge in [-0.25, -0.2) is 0 Å². The van der Waals surface area contributed by atoms with E-state index < -0.39 is 0 Å². The van der Waals surface area contributed by atoms with Crippen molar-refractivity contribution in [2.45, 2.75) is 37.2 Å². The second-order valence-corrected chi connectivity index (χ2v) is 9.03. The highest BCUT2D eigenvalue weighted by Gasteiger charge is 2.18. The Hall–Kier alpha value is -2.22. The maximum atomic E-state index is 12.3. The first kappa shape index (κ1) is 26.0. The molecule has 0 aliphatic carbocycles. The van der Waals surface area contributed by atoms with Gasteiger partial charge in [0.25, 0.3) is 0 Å². The average Bonchev–Trinajstić information content (AvgIpc) is 2.79. The van der Waals surface area contributed by atoms with Crippen LogP contribution >= 0.6 is 11.8 Å². The van der Waals surface area contributed by atoms with Gasteiger partial charge in [0.1, 0.15) is 24.2 Å². The van der Waals surface area contributed by atoms with E-state index in [0.29, 0.717) is 26.0 Å². The zero-order valence-corrected chi connectivity index (χ0v) is 20.4. The molecule has 6 nitrogen and oxygen atoms in total. The lowest BCUT2D eigenvalue weighted by molar-refractivity contribution is -0.151. The second kappa shape index (κ2) is 14.0. The molecule has 0 saturated heterocycles. The van der Waals surface area contributed by atoms with Crippen LogP contribution in [0.5, 0.6) is 11.5 Å². The van der Waals surface area contributed by atoms with Crippen LogP contribution in [0.15, 0.2) is 48.5 Å². The van der Waals surface area contributed by atoms with Gasteiger partial charge in [0.05, 0.1) is 12.5 Å². The van der Waals surface area contributed by atoms with E-state index in [4.69, 9.17) is 19.9 Å². The fraction of sp³-hybridized carbons (Fsp3) is 0.480. The van der Waals surface area contributed by atoms with Crippen LogP contribution in [0.3, 0.4) is 0 Å². The van der Waals surface area contributed by atoms with E-state index in [1.54, 1.807) is 18.9 Å². The van der Waals surface area contributed by atoms with Crippen molar-refractivity contribution in [3.8, 4) is 11.5 Å². The summed E-state index contributed by atoms with van der Waals surface area (Å²) in [4.78, 5) is 14.3. The molecule has 2 atom stereocenters. The van der Waals surface area contributed by atoms with Gasteiger partial charge in [0.2, 0.25) is 0 Å². The third-order valence-corrected chi connectivity index (χ3v) is 5.86. The smallest absolute Gasteiger partial charge is 0.306 e. The molecule has 2 N–H and O–H groups in total. The summed E-state index contributed by atoms with van der Waals surface area (Å²) in [6, 6.07) is 16.1. The van der Waals surface area contributed by atoms with Crippen LogP contribution < -0.4 is 15.2 Å². The van der Waals surface area contributed by atoms with Gasteiger partial charge in [0, 0.05) is 13.0 Å². The molecular weight excluding hydrogens is 424 g/mol. The summed E-state index contributed by atoms with van der Waals surface area (Å²) in [5.41, 5.74) is 8.22. The molecule has 0 heterocycles. The molecule has 0 fully saturated rings. The van der Waals surface area contributed by atoms with Crippen LogP contribution in [0.25, 0.3) is 0 Å². The predicted octanol–water partition coefficient (Wildman–Crippen LogP) is 3.76. The van der Waals surface area contributed by atoms with Crippen LogP contribution in [-0.2, 0) is 22.4 Å². The summed E-state index contributed by atoms with van der Waals surface area (Å²) >= 11 is 1.54. The van der Waals surface area contributed by atoms with E-state index in [0.717, 1.165) is 29.9 Å². The van der Waals surface area contributed by atoms with Gasteiger partial charge >= 0.3 is 5.97 Å². The molecule has 2 aromatic rings. The zero-order valence-electron chi connectivity index (χ0n) is 19.6. The van der Waals surface area contributed by atoms with Crippen molar-refractivity contribution < 1.29 is 19.0 Å². The van der Waals surface area contributed by atoms with Gasteiger partial charge in [-0.1, -0.05) is 30.3 Å². The molecule has 32 heavy (non-hydrogen) atoms. The molecule has 176 valence electrons.